The van der Waals surface area contributed by atoms with E-state index in [1.54, 1.807) is 6.08 Å². The summed E-state index contributed by atoms with van der Waals surface area (Å²) in [5.74, 6) is 0. The van der Waals surface area contributed by atoms with E-state index in [1.165, 1.54) is 31.8 Å². The molecule has 0 saturated carbocycles. The van der Waals surface area contributed by atoms with E-state index in [4.69, 9.17) is 6.58 Å². The Hall–Kier alpha value is -1.04. The molecule has 71 valence electrons. The van der Waals surface area contributed by atoms with E-state index >= 15 is 0 Å². The molecule has 0 rings (SSSR count). The van der Waals surface area contributed by atoms with Gasteiger partial charge in [-0.25, -0.2) is 0 Å². The van der Waals surface area contributed by atoms with Crippen molar-refractivity contribution < 1.29 is 0 Å². The van der Waals surface area contributed by atoms with Gasteiger partial charge in [0.25, 0.3) is 0 Å². The van der Waals surface area contributed by atoms with E-state index in [0.717, 1.165) is 0 Å². The predicted molar refractivity (Wildman–Crippen MR) is 60.4 cm³/mol. The first-order valence-electron chi connectivity index (χ1n) is 4.95. The van der Waals surface area contributed by atoms with Crippen LogP contribution in [0.5, 0.6) is 0 Å². The monoisotopic (exact) mass is 175 g/mol. The van der Waals surface area contributed by atoms with Gasteiger partial charge in [0.05, 0.1) is 0 Å². The Kier molecular flexibility index (Phi) is 10.1. The molecule has 0 heterocycles. The first kappa shape index (κ1) is 12.0. The quantitative estimate of drug-likeness (QED) is 0.401. The summed E-state index contributed by atoms with van der Waals surface area (Å²) in [6.45, 7) is 7.38. The lowest BCUT2D eigenvalue weighted by Gasteiger charge is -1.89. The molecular weight excluding hydrogens is 156 g/mol. The molecule has 0 aromatic carbocycles. The molecular formula is C13H19. The maximum absolute atomic E-state index is 5.16. The van der Waals surface area contributed by atoms with Gasteiger partial charge in [-0.05, 0) is 12.8 Å². The van der Waals surface area contributed by atoms with Crippen molar-refractivity contribution in [3.63, 3.8) is 0 Å². The van der Waals surface area contributed by atoms with Crippen molar-refractivity contribution in [2.24, 2.45) is 0 Å². The van der Waals surface area contributed by atoms with Crippen LogP contribution in [0.2, 0.25) is 0 Å². The SMILES string of the molecule is [CH]=C/C=C/C=C/C=C/CCCCC. The van der Waals surface area contributed by atoms with Crippen LogP contribution in [0.3, 0.4) is 0 Å². The molecule has 0 saturated heterocycles. The molecule has 0 unspecified atom stereocenters. The van der Waals surface area contributed by atoms with Crippen molar-refractivity contribution in [2.75, 3.05) is 0 Å². The number of allylic oxidation sites excluding steroid dienone is 7. The van der Waals surface area contributed by atoms with Crippen LogP contribution in [-0.2, 0) is 0 Å². The van der Waals surface area contributed by atoms with Gasteiger partial charge in [-0.15, -0.1) is 0 Å². The van der Waals surface area contributed by atoms with Crippen LogP contribution in [0.1, 0.15) is 32.6 Å². The minimum Gasteiger partial charge on any atom is -0.0845 e. The van der Waals surface area contributed by atoms with E-state index < -0.39 is 0 Å². The Morgan fingerprint density at radius 3 is 2.31 bits per heavy atom. The Bertz CT molecular complexity index is 182. The van der Waals surface area contributed by atoms with Crippen molar-refractivity contribution >= 4 is 0 Å². The first-order chi connectivity index (χ1) is 6.41. The number of hydrogen-bond acceptors (Lipinski definition) is 0. The lowest BCUT2D eigenvalue weighted by atomic mass is 10.2. The van der Waals surface area contributed by atoms with Crippen molar-refractivity contribution in [2.45, 2.75) is 32.6 Å². The fourth-order valence-electron chi connectivity index (χ4n) is 0.944. The minimum absolute atomic E-state index is 1.19. The molecule has 0 atom stereocenters. The van der Waals surface area contributed by atoms with Crippen LogP contribution in [0.15, 0.2) is 42.5 Å². The predicted octanol–water partition coefficient (Wildman–Crippen LogP) is 4.22. The average molecular weight is 175 g/mol. The molecule has 0 nitrogen and oxygen atoms in total. The van der Waals surface area contributed by atoms with Gasteiger partial charge in [0, 0.05) is 0 Å². The summed E-state index contributed by atoms with van der Waals surface area (Å²) in [6, 6.07) is 0. The highest BCUT2D eigenvalue weighted by Gasteiger charge is 1.79. The zero-order valence-corrected chi connectivity index (χ0v) is 8.45. The maximum Gasteiger partial charge on any atom is -0.0348 e. The standard InChI is InChI=1S/C13H19/c1-3-5-7-9-11-13-12-10-8-6-4-2/h1,3,5,7,9,11-13H,4,6,8,10H2,2H3/b3-1?,7-5+,11-9+,13-12+. The van der Waals surface area contributed by atoms with Crippen molar-refractivity contribution in [1.82, 2.24) is 0 Å². The maximum atomic E-state index is 5.16. The second-order valence-corrected chi connectivity index (χ2v) is 2.89. The largest absolute Gasteiger partial charge is 0.0845 e. The minimum atomic E-state index is 1.19. The van der Waals surface area contributed by atoms with Crippen LogP contribution < -0.4 is 0 Å². The fraction of sp³-hybridized carbons (Fsp3) is 0.385. The number of hydrogen-bond donors (Lipinski definition) is 0. The molecule has 0 bridgehead atoms. The summed E-state index contributed by atoms with van der Waals surface area (Å²) in [4.78, 5) is 0. The van der Waals surface area contributed by atoms with Gasteiger partial charge in [0.2, 0.25) is 0 Å². The average Bonchev–Trinajstić information content (AvgIpc) is 2.16. The van der Waals surface area contributed by atoms with Crippen molar-refractivity contribution in [3.8, 4) is 0 Å². The Labute approximate surface area is 82.4 Å². The Balaban J connectivity index is 3.34. The summed E-state index contributed by atoms with van der Waals surface area (Å²) in [7, 11) is 0. The van der Waals surface area contributed by atoms with Gasteiger partial charge in [-0.3, -0.25) is 0 Å². The Morgan fingerprint density at radius 1 is 0.923 bits per heavy atom. The molecule has 0 amide bonds. The van der Waals surface area contributed by atoms with Gasteiger partial charge in [-0.1, -0.05) is 68.9 Å². The van der Waals surface area contributed by atoms with Gasteiger partial charge >= 0.3 is 0 Å². The fourth-order valence-corrected chi connectivity index (χ4v) is 0.944. The lowest BCUT2D eigenvalue weighted by molar-refractivity contribution is 0.729. The smallest absolute Gasteiger partial charge is 0.0348 e. The highest BCUT2D eigenvalue weighted by atomic mass is 13.9. The van der Waals surface area contributed by atoms with E-state index in [-0.39, 0.29) is 0 Å². The van der Waals surface area contributed by atoms with Crippen LogP contribution in [0, 0.1) is 6.58 Å². The molecule has 0 aromatic heterocycles. The highest BCUT2D eigenvalue weighted by molar-refractivity contribution is 5.13. The summed E-state index contributed by atoms with van der Waals surface area (Å²) >= 11 is 0. The lowest BCUT2D eigenvalue weighted by Crippen LogP contribution is -1.69. The molecule has 0 fully saturated rings. The third kappa shape index (κ3) is 11.0. The summed E-state index contributed by atoms with van der Waals surface area (Å²) in [5.41, 5.74) is 0. The number of rotatable bonds is 7. The van der Waals surface area contributed by atoms with Crippen LogP contribution in [0.25, 0.3) is 0 Å². The molecule has 0 spiro atoms. The normalized spacial score (nSPS) is 12.1. The Morgan fingerprint density at radius 2 is 1.62 bits per heavy atom. The van der Waals surface area contributed by atoms with E-state index in [1.807, 2.05) is 18.2 Å². The van der Waals surface area contributed by atoms with E-state index in [2.05, 4.69) is 19.1 Å². The topological polar surface area (TPSA) is 0 Å². The van der Waals surface area contributed by atoms with Crippen LogP contribution in [-0.4, -0.2) is 0 Å². The first-order valence-corrected chi connectivity index (χ1v) is 4.95. The van der Waals surface area contributed by atoms with Gasteiger partial charge in [-0.2, -0.15) is 0 Å². The second-order valence-electron chi connectivity index (χ2n) is 2.89. The molecule has 0 aliphatic rings. The van der Waals surface area contributed by atoms with Crippen molar-refractivity contribution in [1.29, 1.82) is 0 Å². The third-order valence-corrected chi connectivity index (χ3v) is 1.67. The zero-order chi connectivity index (χ0) is 9.78. The van der Waals surface area contributed by atoms with Gasteiger partial charge < -0.3 is 0 Å². The molecule has 0 heteroatoms. The third-order valence-electron chi connectivity index (χ3n) is 1.67. The summed E-state index contributed by atoms with van der Waals surface area (Å²) in [6.07, 6.45) is 18.6. The van der Waals surface area contributed by atoms with Gasteiger partial charge in [0.15, 0.2) is 0 Å². The van der Waals surface area contributed by atoms with Crippen molar-refractivity contribution in [3.05, 3.63) is 49.1 Å². The molecule has 0 aromatic rings. The second kappa shape index (κ2) is 11.0. The molecule has 0 aliphatic heterocycles. The van der Waals surface area contributed by atoms with Gasteiger partial charge in [0.1, 0.15) is 0 Å². The van der Waals surface area contributed by atoms with E-state index in [9.17, 15) is 0 Å². The zero-order valence-electron chi connectivity index (χ0n) is 8.45. The molecule has 13 heavy (non-hydrogen) atoms. The summed E-state index contributed by atoms with van der Waals surface area (Å²) < 4.78 is 0. The molecule has 0 aliphatic carbocycles. The summed E-state index contributed by atoms with van der Waals surface area (Å²) in [5, 5.41) is 0. The number of unbranched alkanes of at least 4 members (excludes halogenated alkanes) is 3. The molecule has 0 N–H and O–H groups in total. The van der Waals surface area contributed by atoms with Crippen LogP contribution in [0.4, 0.5) is 0 Å². The van der Waals surface area contributed by atoms with Crippen LogP contribution >= 0.6 is 0 Å². The highest BCUT2D eigenvalue weighted by Crippen LogP contribution is 1.99. The van der Waals surface area contributed by atoms with E-state index in [0.29, 0.717) is 0 Å². The molecule has 1 radical (unpaired) electrons.